The fourth-order valence-corrected chi connectivity index (χ4v) is 4.11. The highest BCUT2D eigenvalue weighted by atomic mass is 32.2. The van der Waals surface area contributed by atoms with Gasteiger partial charge in [-0.3, -0.25) is 4.79 Å². The number of Topliss-reactive ketones (excluding diaryl/α,β-unsaturated/α-hetero) is 1. The Kier molecular flexibility index (Phi) is 5.36. The molecule has 0 fully saturated rings. The highest BCUT2D eigenvalue weighted by Crippen LogP contribution is 2.38. The molecule has 5 nitrogen and oxygen atoms in total. The number of rotatable bonds is 6. The number of aryl methyl sites for hydroxylation is 2. The number of hydrogen-bond acceptors (Lipinski definition) is 5. The van der Waals surface area contributed by atoms with E-state index in [2.05, 4.69) is 10.2 Å². The number of nitrogens with zero attached hydrogens (tertiary/aromatic N) is 3. The molecular formula is C23H21N3O2S. The molecule has 0 aliphatic rings. The zero-order chi connectivity index (χ0) is 20.4. The van der Waals surface area contributed by atoms with Crippen molar-refractivity contribution >= 4 is 17.5 Å². The Morgan fingerprint density at radius 3 is 2.24 bits per heavy atom. The first-order valence-corrected chi connectivity index (χ1v) is 10.2. The van der Waals surface area contributed by atoms with Crippen molar-refractivity contribution in [2.75, 3.05) is 0 Å². The van der Waals surface area contributed by atoms with Gasteiger partial charge in [0.15, 0.2) is 22.5 Å². The highest BCUT2D eigenvalue weighted by Gasteiger charge is 2.26. The highest BCUT2D eigenvalue weighted by molar-refractivity contribution is 8.00. The molecule has 4 aromatic rings. The lowest BCUT2D eigenvalue weighted by molar-refractivity contribution is 0.0989. The molecule has 2 heterocycles. The van der Waals surface area contributed by atoms with Crippen LogP contribution < -0.4 is 0 Å². The second-order valence-corrected chi connectivity index (χ2v) is 8.05. The molecule has 4 rings (SSSR count). The number of aromatic nitrogens is 3. The maximum atomic E-state index is 13.4. The van der Waals surface area contributed by atoms with E-state index in [0.29, 0.717) is 22.3 Å². The predicted molar refractivity (Wildman–Crippen MR) is 114 cm³/mol. The van der Waals surface area contributed by atoms with E-state index in [0.717, 1.165) is 16.7 Å². The molecule has 2 aromatic carbocycles. The third kappa shape index (κ3) is 4.03. The minimum Gasteiger partial charge on any atom is -0.461 e. The summed E-state index contributed by atoms with van der Waals surface area (Å²) in [6, 6.07) is 19.4. The quantitative estimate of drug-likeness (QED) is 0.318. The monoisotopic (exact) mass is 403 g/mol. The minimum atomic E-state index is -0.425. The SMILES string of the molecule is Cc1ccc(C(=O)[C@H](Sc2nnc(-c3ccco3)n2C)c2ccc(C)cc2)cc1. The molecule has 0 spiro atoms. The van der Waals surface area contributed by atoms with Gasteiger partial charge >= 0.3 is 0 Å². The van der Waals surface area contributed by atoms with Gasteiger partial charge in [0.1, 0.15) is 5.25 Å². The summed E-state index contributed by atoms with van der Waals surface area (Å²) in [6.45, 7) is 4.04. The van der Waals surface area contributed by atoms with Crippen molar-refractivity contribution in [1.82, 2.24) is 14.8 Å². The van der Waals surface area contributed by atoms with Crippen LogP contribution in [0.3, 0.4) is 0 Å². The van der Waals surface area contributed by atoms with Crippen LogP contribution in [0.2, 0.25) is 0 Å². The van der Waals surface area contributed by atoms with Gasteiger partial charge in [0.05, 0.1) is 6.26 Å². The fraction of sp³-hybridized carbons (Fsp3) is 0.174. The standard InChI is InChI=1S/C23H21N3O2S/c1-15-6-10-17(11-7-15)20(27)21(18-12-8-16(2)9-13-18)29-23-25-24-22(26(23)3)19-5-4-14-28-19/h4-14,21H,1-3H3/t21-/m1/s1. The first kappa shape index (κ1) is 19.2. The Hall–Kier alpha value is -3.12. The number of carbonyl (C=O) groups excluding carboxylic acids is 1. The number of hydrogen-bond donors (Lipinski definition) is 0. The largest absolute Gasteiger partial charge is 0.461 e. The fourth-order valence-electron chi connectivity index (χ4n) is 3.03. The lowest BCUT2D eigenvalue weighted by Gasteiger charge is -2.16. The predicted octanol–water partition coefficient (Wildman–Crippen LogP) is 5.41. The van der Waals surface area contributed by atoms with Crippen LogP contribution in [0.15, 0.2) is 76.5 Å². The third-order valence-corrected chi connectivity index (χ3v) is 6.04. The number of furan rings is 1. The molecule has 0 aliphatic carbocycles. The van der Waals surface area contributed by atoms with Crippen LogP contribution in [0.4, 0.5) is 0 Å². The molecule has 146 valence electrons. The van der Waals surface area contributed by atoms with Gasteiger partial charge in [-0.1, -0.05) is 71.4 Å². The molecule has 0 N–H and O–H groups in total. The second kappa shape index (κ2) is 8.09. The molecular weight excluding hydrogens is 382 g/mol. The van der Waals surface area contributed by atoms with Gasteiger partial charge in [0.2, 0.25) is 0 Å². The van der Waals surface area contributed by atoms with Crippen molar-refractivity contribution in [2.45, 2.75) is 24.3 Å². The van der Waals surface area contributed by atoms with Crippen molar-refractivity contribution < 1.29 is 9.21 Å². The van der Waals surface area contributed by atoms with Gasteiger partial charge in [-0.2, -0.15) is 0 Å². The van der Waals surface area contributed by atoms with Crippen molar-refractivity contribution in [1.29, 1.82) is 0 Å². The average molecular weight is 404 g/mol. The summed E-state index contributed by atoms with van der Waals surface area (Å²) in [5.41, 5.74) is 3.90. The molecule has 0 saturated heterocycles. The summed E-state index contributed by atoms with van der Waals surface area (Å²) in [7, 11) is 1.88. The number of benzene rings is 2. The van der Waals surface area contributed by atoms with Crippen molar-refractivity contribution in [3.05, 3.63) is 89.2 Å². The van der Waals surface area contributed by atoms with Crippen LogP contribution in [0.5, 0.6) is 0 Å². The van der Waals surface area contributed by atoms with Gasteiger partial charge in [-0.25, -0.2) is 0 Å². The maximum Gasteiger partial charge on any atom is 0.200 e. The molecule has 0 amide bonds. The Bertz CT molecular complexity index is 1110. The van der Waals surface area contributed by atoms with E-state index in [1.54, 1.807) is 6.26 Å². The molecule has 29 heavy (non-hydrogen) atoms. The summed E-state index contributed by atoms with van der Waals surface area (Å²) in [5.74, 6) is 1.31. The van der Waals surface area contributed by atoms with E-state index in [1.807, 2.05) is 86.1 Å². The normalized spacial score (nSPS) is 12.1. The Morgan fingerprint density at radius 2 is 1.62 bits per heavy atom. The van der Waals surface area contributed by atoms with Gasteiger partial charge in [0.25, 0.3) is 0 Å². The third-order valence-electron chi connectivity index (χ3n) is 4.75. The van der Waals surface area contributed by atoms with E-state index in [9.17, 15) is 4.79 Å². The van der Waals surface area contributed by atoms with Gasteiger partial charge in [0, 0.05) is 12.6 Å². The van der Waals surface area contributed by atoms with E-state index in [-0.39, 0.29) is 5.78 Å². The van der Waals surface area contributed by atoms with Crippen LogP contribution in [0.1, 0.15) is 32.3 Å². The van der Waals surface area contributed by atoms with E-state index in [1.165, 1.54) is 11.8 Å². The molecule has 6 heteroatoms. The van der Waals surface area contributed by atoms with Crippen molar-refractivity contribution in [3.63, 3.8) is 0 Å². The van der Waals surface area contributed by atoms with E-state index in [4.69, 9.17) is 4.42 Å². The Labute approximate surface area is 173 Å². The Morgan fingerprint density at radius 1 is 0.966 bits per heavy atom. The van der Waals surface area contributed by atoms with Crippen LogP contribution in [0, 0.1) is 13.8 Å². The lowest BCUT2D eigenvalue weighted by atomic mass is 10.0. The maximum absolute atomic E-state index is 13.4. The molecule has 1 atom stereocenters. The zero-order valence-corrected chi connectivity index (χ0v) is 17.3. The topological polar surface area (TPSA) is 60.9 Å². The van der Waals surface area contributed by atoms with Gasteiger partial charge < -0.3 is 8.98 Å². The summed E-state index contributed by atoms with van der Waals surface area (Å²) in [6.07, 6.45) is 1.60. The van der Waals surface area contributed by atoms with Crippen LogP contribution in [-0.4, -0.2) is 20.5 Å². The zero-order valence-electron chi connectivity index (χ0n) is 16.5. The smallest absolute Gasteiger partial charge is 0.200 e. The van der Waals surface area contributed by atoms with Gasteiger partial charge in [-0.05, 0) is 31.5 Å². The summed E-state index contributed by atoms with van der Waals surface area (Å²) in [5, 5.41) is 8.79. The first-order valence-electron chi connectivity index (χ1n) is 9.30. The Balaban J connectivity index is 1.70. The summed E-state index contributed by atoms with van der Waals surface area (Å²) < 4.78 is 7.30. The minimum absolute atomic E-state index is 0.0430. The van der Waals surface area contributed by atoms with Crippen molar-refractivity contribution in [3.8, 4) is 11.6 Å². The molecule has 0 unspecified atom stereocenters. The average Bonchev–Trinajstić information content (AvgIpc) is 3.37. The molecule has 0 saturated carbocycles. The molecule has 0 bridgehead atoms. The number of ketones is 1. The second-order valence-electron chi connectivity index (χ2n) is 6.98. The molecule has 2 aromatic heterocycles. The van der Waals surface area contributed by atoms with Crippen molar-refractivity contribution in [2.24, 2.45) is 7.05 Å². The van der Waals surface area contributed by atoms with E-state index < -0.39 is 5.25 Å². The first-order chi connectivity index (χ1) is 14.0. The summed E-state index contributed by atoms with van der Waals surface area (Å²) >= 11 is 1.40. The number of thioether (sulfide) groups is 1. The van der Waals surface area contributed by atoms with Crippen LogP contribution in [-0.2, 0) is 7.05 Å². The van der Waals surface area contributed by atoms with E-state index >= 15 is 0 Å². The summed E-state index contributed by atoms with van der Waals surface area (Å²) in [4.78, 5) is 13.4. The molecule has 0 aliphatic heterocycles. The van der Waals surface area contributed by atoms with Gasteiger partial charge in [-0.15, -0.1) is 10.2 Å². The number of carbonyl (C=O) groups is 1. The molecule has 0 radical (unpaired) electrons. The lowest BCUT2D eigenvalue weighted by Crippen LogP contribution is -2.11. The van der Waals surface area contributed by atoms with Crippen LogP contribution in [0.25, 0.3) is 11.6 Å². The van der Waals surface area contributed by atoms with Crippen LogP contribution >= 0.6 is 11.8 Å².